The molecule has 0 bridgehead atoms. The molecule has 0 saturated carbocycles. The van der Waals surface area contributed by atoms with Gasteiger partial charge in [-0.25, -0.2) is 9.67 Å². The molecule has 8 heteroatoms. The van der Waals surface area contributed by atoms with Crippen LogP contribution in [-0.4, -0.2) is 26.7 Å². The van der Waals surface area contributed by atoms with Crippen molar-refractivity contribution in [2.45, 2.75) is 13.1 Å². The summed E-state index contributed by atoms with van der Waals surface area (Å²) >= 11 is 6.04. The maximum absolute atomic E-state index is 10.6. The quantitative estimate of drug-likeness (QED) is 0.665. The number of nitrogens with one attached hydrogen (secondary N) is 1. The first kappa shape index (κ1) is 13.4. The summed E-state index contributed by atoms with van der Waals surface area (Å²) in [7, 11) is 1.82. The lowest BCUT2D eigenvalue weighted by Crippen LogP contribution is -2.14. The Morgan fingerprint density at radius 1 is 1.53 bits per heavy atom. The van der Waals surface area contributed by atoms with Gasteiger partial charge in [-0.05, 0) is 18.7 Å². The first-order chi connectivity index (χ1) is 9.11. The molecule has 0 aliphatic carbocycles. The van der Waals surface area contributed by atoms with Crippen LogP contribution in [0, 0.1) is 10.1 Å². The average molecular weight is 282 g/mol. The van der Waals surface area contributed by atoms with Crippen LogP contribution in [0.3, 0.4) is 0 Å². The molecule has 1 aromatic carbocycles. The van der Waals surface area contributed by atoms with Crippen LogP contribution in [-0.2, 0) is 13.1 Å². The fraction of sp³-hybridized carbons (Fsp3) is 0.273. The van der Waals surface area contributed by atoms with Crippen molar-refractivity contribution in [3.05, 3.63) is 51.1 Å². The molecule has 1 aromatic heterocycles. The maximum atomic E-state index is 10.6. The SMILES string of the molecule is CNCc1ncnn1Cc1ccc([N+](=O)[O-])cc1Cl. The van der Waals surface area contributed by atoms with Gasteiger partial charge in [0.25, 0.3) is 5.69 Å². The Morgan fingerprint density at radius 2 is 2.32 bits per heavy atom. The van der Waals surface area contributed by atoms with Crippen molar-refractivity contribution in [2.75, 3.05) is 7.05 Å². The second kappa shape index (κ2) is 5.77. The molecule has 7 nitrogen and oxygen atoms in total. The Bertz CT molecular complexity index is 599. The van der Waals surface area contributed by atoms with Gasteiger partial charge in [0.1, 0.15) is 12.2 Å². The molecular formula is C11H12ClN5O2. The molecule has 0 atom stereocenters. The largest absolute Gasteiger partial charge is 0.313 e. The van der Waals surface area contributed by atoms with E-state index in [1.54, 1.807) is 10.7 Å². The van der Waals surface area contributed by atoms with E-state index in [-0.39, 0.29) is 5.69 Å². The summed E-state index contributed by atoms with van der Waals surface area (Å²) in [6, 6.07) is 4.40. The van der Waals surface area contributed by atoms with Gasteiger partial charge in [-0.3, -0.25) is 10.1 Å². The molecule has 2 rings (SSSR count). The number of hydrogen-bond acceptors (Lipinski definition) is 5. The zero-order valence-electron chi connectivity index (χ0n) is 10.2. The third kappa shape index (κ3) is 3.07. The van der Waals surface area contributed by atoms with Gasteiger partial charge in [-0.15, -0.1) is 0 Å². The average Bonchev–Trinajstić information content (AvgIpc) is 2.79. The van der Waals surface area contributed by atoms with Gasteiger partial charge in [0.05, 0.1) is 23.0 Å². The van der Waals surface area contributed by atoms with E-state index < -0.39 is 4.92 Å². The van der Waals surface area contributed by atoms with Crippen LogP contribution in [0.1, 0.15) is 11.4 Å². The fourth-order valence-electron chi connectivity index (χ4n) is 1.65. The van der Waals surface area contributed by atoms with Crippen molar-refractivity contribution in [1.29, 1.82) is 0 Å². The number of rotatable bonds is 5. The van der Waals surface area contributed by atoms with E-state index in [1.165, 1.54) is 18.5 Å². The van der Waals surface area contributed by atoms with Crippen LogP contribution in [0.5, 0.6) is 0 Å². The Kier molecular flexibility index (Phi) is 4.08. The van der Waals surface area contributed by atoms with Crippen LogP contribution in [0.2, 0.25) is 5.02 Å². The number of nitro benzene ring substituents is 1. The van der Waals surface area contributed by atoms with Crippen molar-refractivity contribution in [2.24, 2.45) is 0 Å². The number of halogens is 1. The van der Waals surface area contributed by atoms with E-state index in [0.29, 0.717) is 18.1 Å². The predicted octanol–water partition coefficient (Wildman–Crippen LogP) is 1.61. The summed E-state index contributed by atoms with van der Waals surface area (Å²) in [6.45, 7) is 1.01. The molecule has 0 aliphatic heterocycles. The third-order valence-corrected chi connectivity index (χ3v) is 2.95. The van der Waals surface area contributed by atoms with Crippen LogP contribution in [0.4, 0.5) is 5.69 Å². The Hall–Kier alpha value is -1.99. The van der Waals surface area contributed by atoms with Gasteiger partial charge in [0, 0.05) is 12.1 Å². The highest BCUT2D eigenvalue weighted by Gasteiger charge is 2.11. The molecule has 100 valence electrons. The minimum Gasteiger partial charge on any atom is -0.313 e. The van der Waals surface area contributed by atoms with Gasteiger partial charge >= 0.3 is 0 Å². The number of benzene rings is 1. The van der Waals surface area contributed by atoms with E-state index in [0.717, 1.165) is 11.4 Å². The van der Waals surface area contributed by atoms with E-state index in [4.69, 9.17) is 11.6 Å². The number of non-ortho nitro benzene ring substituents is 1. The van der Waals surface area contributed by atoms with Gasteiger partial charge in [-0.1, -0.05) is 11.6 Å². The smallest absolute Gasteiger partial charge is 0.270 e. The molecule has 0 aliphatic rings. The molecule has 1 heterocycles. The zero-order chi connectivity index (χ0) is 13.8. The standard InChI is InChI=1S/C11H12ClN5O2/c1-13-5-11-14-7-15-16(11)6-8-2-3-9(17(18)19)4-10(8)12/h2-4,7,13H,5-6H2,1H3. The highest BCUT2D eigenvalue weighted by Crippen LogP contribution is 2.23. The Balaban J connectivity index is 2.23. The highest BCUT2D eigenvalue weighted by molar-refractivity contribution is 6.31. The molecule has 0 spiro atoms. The Morgan fingerprint density at radius 3 is 2.95 bits per heavy atom. The lowest BCUT2D eigenvalue weighted by Gasteiger charge is -2.07. The summed E-state index contributed by atoms with van der Waals surface area (Å²) in [5.41, 5.74) is 0.734. The molecule has 19 heavy (non-hydrogen) atoms. The number of aromatic nitrogens is 3. The number of hydrogen-bond donors (Lipinski definition) is 1. The van der Waals surface area contributed by atoms with Crippen LogP contribution in [0.15, 0.2) is 24.5 Å². The van der Waals surface area contributed by atoms with E-state index >= 15 is 0 Å². The van der Waals surface area contributed by atoms with Crippen LogP contribution in [0.25, 0.3) is 0 Å². The van der Waals surface area contributed by atoms with E-state index in [1.807, 2.05) is 7.05 Å². The summed E-state index contributed by atoms with van der Waals surface area (Å²) in [6.07, 6.45) is 1.46. The summed E-state index contributed by atoms with van der Waals surface area (Å²) in [4.78, 5) is 14.3. The van der Waals surface area contributed by atoms with Crippen molar-refractivity contribution in [1.82, 2.24) is 20.1 Å². The monoisotopic (exact) mass is 281 g/mol. The van der Waals surface area contributed by atoms with Gasteiger partial charge in [0.2, 0.25) is 0 Å². The summed E-state index contributed by atoms with van der Waals surface area (Å²) < 4.78 is 1.70. The van der Waals surface area contributed by atoms with Crippen molar-refractivity contribution >= 4 is 17.3 Å². The van der Waals surface area contributed by atoms with Crippen molar-refractivity contribution in [3.8, 4) is 0 Å². The minimum absolute atomic E-state index is 0.0252. The first-order valence-electron chi connectivity index (χ1n) is 5.56. The molecule has 0 saturated heterocycles. The maximum Gasteiger partial charge on any atom is 0.270 e. The Labute approximate surface area is 114 Å². The first-order valence-corrected chi connectivity index (χ1v) is 5.93. The normalized spacial score (nSPS) is 10.6. The van der Waals surface area contributed by atoms with E-state index in [2.05, 4.69) is 15.4 Å². The van der Waals surface area contributed by atoms with Gasteiger partial charge in [0.15, 0.2) is 0 Å². The molecule has 2 aromatic rings. The van der Waals surface area contributed by atoms with Crippen LogP contribution < -0.4 is 5.32 Å². The number of nitrogens with zero attached hydrogens (tertiary/aromatic N) is 4. The summed E-state index contributed by atoms with van der Waals surface area (Å²) in [5, 5.41) is 18.1. The zero-order valence-corrected chi connectivity index (χ0v) is 11.0. The lowest BCUT2D eigenvalue weighted by atomic mass is 10.2. The second-order valence-electron chi connectivity index (χ2n) is 3.90. The third-order valence-electron chi connectivity index (χ3n) is 2.60. The highest BCUT2D eigenvalue weighted by atomic mass is 35.5. The van der Waals surface area contributed by atoms with E-state index in [9.17, 15) is 10.1 Å². The van der Waals surface area contributed by atoms with Crippen molar-refractivity contribution in [3.63, 3.8) is 0 Å². The predicted molar refractivity (Wildman–Crippen MR) is 70.0 cm³/mol. The molecule has 0 radical (unpaired) electrons. The number of nitro groups is 1. The molecule has 0 fully saturated rings. The molecule has 1 N–H and O–H groups in total. The molecule has 0 amide bonds. The van der Waals surface area contributed by atoms with Gasteiger partial charge in [-0.2, -0.15) is 5.10 Å². The van der Waals surface area contributed by atoms with Crippen molar-refractivity contribution < 1.29 is 4.92 Å². The summed E-state index contributed by atoms with van der Waals surface area (Å²) in [5.74, 6) is 0.775. The van der Waals surface area contributed by atoms with Gasteiger partial charge < -0.3 is 5.32 Å². The van der Waals surface area contributed by atoms with Crippen LogP contribution >= 0.6 is 11.6 Å². The molecular weight excluding hydrogens is 270 g/mol. The molecule has 0 unspecified atom stereocenters. The second-order valence-corrected chi connectivity index (χ2v) is 4.30. The lowest BCUT2D eigenvalue weighted by molar-refractivity contribution is -0.384. The minimum atomic E-state index is -0.475. The fourth-order valence-corrected chi connectivity index (χ4v) is 1.89. The topological polar surface area (TPSA) is 85.9 Å².